The third-order valence-electron chi connectivity index (χ3n) is 4.21. The third-order valence-corrected chi connectivity index (χ3v) is 4.21. The zero-order valence-electron chi connectivity index (χ0n) is 16.6. The van der Waals surface area contributed by atoms with Crippen molar-refractivity contribution in [1.82, 2.24) is 10.3 Å². The number of ether oxygens (including phenoxy) is 3. The van der Waals surface area contributed by atoms with E-state index in [-0.39, 0.29) is 5.91 Å². The van der Waals surface area contributed by atoms with Crippen LogP contribution < -0.4 is 24.8 Å². The number of hydrogen-bond donors (Lipinski definition) is 2. The summed E-state index contributed by atoms with van der Waals surface area (Å²) in [6, 6.07) is 18.5. The second-order valence-corrected chi connectivity index (χ2v) is 6.12. The molecule has 3 aromatic rings. The predicted octanol–water partition coefficient (Wildman–Crippen LogP) is 3.78. The molecule has 1 heterocycles. The molecule has 0 fully saturated rings. The van der Waals surface area contributed by atoms with Crippen LogP contribution in [0.4, 0.5) is 11.5 Å². The summed E-state index contributed by atoms with van der Waals surface area (Å²) < 4.78 is 16.1. The van der Waals surface area contributed by atoms with E-state index in [0.29, 0.717) is 41.0 Å². The van der Waals surface area contributed by atoms with E-state index in [1.165, 1.54) is 0 Å². The number of carbonyl (C=O) groups excluding carboxylic acids is 1. The van der Waals surface area contributed by atoms with E-state index in [2.05, 4.69) is 15.6 Å². The van der Waals surface area contributed by atoms with Crippen LogP contribution in [0.1, 0.15) is 16.1 Å². The van der Waals surface area contributed by atoms with Gasteiger partial charge in [0, 0.05) is 24.4 Å². The standard InChI is InChI=1S/C22H23N3O4/c1-27-18-12-16(13-19(28-2)21(18)29-3)24-20-11-7-10-17(25-20)22(26)23-14-15-8-5-4-6-9-15/h4-13H,14H2,1-3H3,(H,23,26)(H,24,25). The van der Waals surface area contributed by atoms with Crippen LogP contribution in [-0.4, -0.2) is 32.2 Å². The lowest BCUT2D eigenvalue weighted by Crippen LogP contribution is -2.23. The van der Waals surface area contributed by atoms with Gasteiger partial charge in [0.05, 0.1) is 21.3 Å². The molecule has 150 valence electrons. The molecule has 0 saturated carbocycles. The molecular weight excluding hydrogens is 370 g/mol. The molecule has 3 rings (SSSR count). The number of carbonyl (C=O) groups is 1. The molecule has 1 amide bonds. The molecule has 0 unspecified atom stereocenters. The first-order chi connectivity index (χ1) is 14.1. The molecule has 0 bridgehead atoms. The Hall–Kier alpha value is -3.74. The Balaban J connectivity index is 1.75. The van der Waals surface area contributed by atoms with Gasteiger partial charge in [-0.25, -0.2) is 4.98 Å². The SMILES string of the molecule is COc1cc(Nc2cccc(C(=O)NCc3ccccc3)n2)cc(OC)c1OC. The fraction of sp³-hybridized carbons (Fsp3) is 0.182. The van der Waals surface area contributed by atoms with Crippen molar-refractivity contribution < 1.29 is 19.0 Å². The van der Waals surface area contributed by atoms with Crippen LogP contribution in [0.2, 0.25) is 0 Å². The Morgan fingerprint density at radius 2 is 1.59 bits per heavy atom. The smallest absolute Gasteiger partial charge is 0.270 e. The van der Waals surface area contributed by atoms with Gasteiger partial charge in [-0.3, -0.25) is 4.79 Å². The molecule has 1 aromatic heterocycles. The van der Waals surface area contributed by atoms with Crippen LogP contribution in [0, 0.1) is 0 Å². The number of nitrogens with one attached hydrogen (secondary N) is 2. The van der Waals surface area contributed by atoms with Crippen LogP contribution in [0.5, 0.6) is 17.2 Å². The quantitative estimate of drug-likeness (QED) is 0.606. The van der Waals surface area contributed by atoms with Gasteiger partial charge in [0.15, 0.2) is 11.5 Å². The van der Waals surface area contributed by atoms with E-state index in [4.69, 9.17) is 14.2 Å². The van der Waals surface area contributed by atoms with Gasteiger partial charge in [0.25, 0.3) is 5.91 Å². The Morgan fingerprint density at radius 1 is 0.897 bits per heavy atom. The number of aromatic nitrogens is 1. The van der Waals surface area contributed by atoms with Crippen molar-refractivity contribution >= 4 is 17.4 Å². The lowest BCUT2D eigenvalue weighted by molar-refractivity contribution is 0.0946. The molecule has 7 nitrogen and oxygen atoms in total. The maximum Gasteiger partial charge on any atom is 0.270 e. The van der Waals surface area contributed by atoms with Crippen molar-refractivity contribution in [1.29, 1.82) is 0 Å². The zero-order valence-corrected chi connectivity index (χ0v) is 16.6. The molecular formula is C22H23N3O4. The summed E-state index contributed by atoms with van der Waals surface area (Å²) in [4.78, 5) is 16.8. The number of nitrogens with zero attached hydrogens (tertiary/aromatic N) is 1. The van der Waals surface area contributed by atoms with Gasteiger partial charge >= 0.3 is 0 Å². The summed E-state index contributed by atoms with van der Waals surface area (Å²) in [6.07, 6.45) is 0. The second kappa shape index (κ2) is 9.45. The third kappa shape index (κ3) is 4.95. The highest BCUT2D eigenvalue weighted by Crippen LogP contribution is 2.40. The number of hydrogen-bond acceptors (Lipinski definition) is 6. The van der Waals surface area contributed by atoms with E-state index in [1.54, 1.807) is 51.7 Å². The zero-order chi connectivity index (χ0) is 20.6. The lowest BCUT2D eigenvalue weighted by atomic mass is 10.2. The number of amides is 1. The van der Waals surface area contributed by atoms with Crippen LogP contribution in [-0.2, 0) is 6.54 Å². The topological polar surface area (TPSA) is 81.7 Å². The summed E-state index contributed by atoms with van der Waals surface area (Å²) in [5, 5.41) is 6.04. The predicted molar refractivity (Wildman–Crippen MR) is 111 cm³/mol. The summed E-state index contributed by atoms with van der Waals surface area (Å²) in [7, 11) is 4.65. The van der Waals surface area contributed by atoms with Crippen molar-refractivity contribution in [3.05, 3.63) is 71.9 Å². The Morgan fingerprint density at radius 3 is 2.21 bits per heavy atom. The molecule has 0 radical (unpaired) electrons. The van der Waals surface area contributed by atoms with Gasteiger partial charge < -0.3 is 24.8 Å². The molecule has 0 atom stereocenters. The summed E-state index contributed by atoms with van der Waals surface area (Å²) in [6.45, 7) is 0.436. The van der Waals surface area contributed by atoms with Gasteiger partial charge in [-0.15, -0.1) is 0 Å². The molecule has 0 aliphatic rings. The second-order valence-electron chi connectivity index (χ2n) is 6.12. The number of rotatable bonds is 8. The van der Waals surface area contributed by atoms with Crippen LogP contribution in [0.15, 0.2) is 60.7 Å². The highest BCUT2D eigenvalue weighted by atomic mass is 16.5. The number of benzene rings is 2. The summed E-state index contributed by atoms with van der Waals surface area (Å²) in [5.41, 5.74) is 2.03. The Kier molecular flexibility index (Phi) is 6.52. The van der Waals surface area contributed by atoms with Crippen LogP contribution in [0.25, 0.3) is 0 Å². The highest BCUT2D eigenvalue weighted by molar-refractivity contribution is 5.92. The fourth-order valence-corrected chi connectivity index (χ4v) is 2.80. The number of pyridine rings is 1. The van der Waals surface area contributed by atoms with Gasteiger partial charge in [-0.1, -0.05) is 36.4 Å². The minimum atomic E-state index is -0.248. The van der Waals surface area contributed by atoms with E-state index >= 15 is 0 Å². The van der Waals surface area contributed by atoms with Gasteiger partial charge in [-0.2, -0.15) is 0 Å². The van der Waals surface area contributed by atoms with E-state index < -0.39 is 0 Å². The van der Waals surface area contributed by atoms with E-state index in [1.807, 2.05) is 30.3 Å². The maximum atomic E-state index is 12.4. The van der Waals surface area contributed by atoms with E-state index in [9.17, 15) is 4.79 Å². The average Bonchev–Trinajstić information content (AvgIpc) is 2.77. The number of anilines is 2. The van der Waals surface area contributed by atoms with Crippen molar-refractivity contribution in [2.24, 2.45) is 0 Å². The van der Waals surface area contributed by atoms with Crippen LogP contribution >= 0.6 is 0 Å². The summed E-state index contributed by atoms with van der Waals surface area (Å²) >= 11 is 0. The molecule has 0 aliphatic heterocycles. The average molecular weight is 393 g/mol. The minimum absolute atomic E-state index is 0.248. The van der Waals surface area contributed by atoms with Crippen molar-refractivity contribution in [3.8, 4) is 17.2 Å². The molecule has 2 aromatic carbocycles. The molecule has 0 spiro atoms. The van der Waals surface area contributed by atoms with Gasteiger partial charge in [-0.05, 0) is 17.7 Å². The first-order valence-corrected chi connectivity index (χ1v) is 9.00. The summed E-state index contributed by atoms with van der Waals surface area (Å²) in [5.74, 6) is 1.81. The monoisotopic (exact) mass is 393 g/mol. The molecule has 7 heteroatoms. The molecule has 29 heavy (non-hydrogen) atoms. The maximum absolute atomic E-state index is 12.4. The van der Waals surface area contributed by atoms with Crippen LogP contribution in [0.3, 0.4) is 0 Å². The van der Waals surface area contributed by atoms with Crippen molar-refractivity contribution in [3.63, 3.8) is 0 Å². The van der Waals surface area contributed by atoms with Crippen molar-refractivity contribution in [2.75, 3.05) is 26.6 Å². The minimum Gasteiger partial charge on any atom is -0.493 e. The first kappa shape index (κ1) is 20.0. The van der Waals surface area contributed by atoms with Gasteiger partial charge in [0.2, 0.25) is 5.75 Å². The first-order valence-electron chi connectivity index (χ1n) is 9.00. The molecule has 0 aliphatic carbocycles. The Labute approximate surface area is 169 Å². The number of methoxy groups -OCH3 is 3. The normalized spacial score (nSPS) is 10.2. The molecule has 2 N–H and O–H groups in total. The fourth-order valence-electron chi connectivity index (χ4n) is 2.80. The van der Waals surface area contributed by atoms with E-state index in [0.717, 1.165) is 5.56 Å². The highest BCUT2D eigenvalue weighted by Gasteiger charge is 2.14. The Bertz CT molecular complexity index is 952. The lowest BCUT2D eigenvalue weighted by Gasteiger charge is -2.15. The largest absolute Gasteiger partial charge is 0.493 e. The molecule has 0 saturated heterocycles. The van der Waals surface area contributed by atoms with Gasteiger partial charge in [0.1, 0.15) is 11.5 Å². The van der Waals surface area contributed by atoms with Crippen molar-refractivity contribution in [2.45, 2.75) is 6.54 Å².